The molecule has 7 heteroatoms. The van der Waals surface area contributed by atoms with E-state index in [9.17, 15) is 4.79 Å². The number of benzene rings is 2. The van der Waals surface area contributed by atoms with Crippen molar-refractivity contribution in [2.24, 2.45) is 0 Å². The van der Waals surface area contributed by atoms with Crippen molar-refractivity contribution in [2.75, 3.05) is 25.6 Å². The monoisotopic (exact) mass is 378 g/mol. The van der Waals surface area contributed by atoms with Crippen molar-refractivity contribution in [1.29, 1.82) is 0 Å². The summed E-state index contributed by atoms with van der Waals surface area (Å²) in [6.07, 6.45) is 0. The number of thiocarbonyl (C=S) groups is 1. The Morgan fingerprint density at radius 1 is 1.16 bits per heavy atom. The normalized spacial score (nSPS) is 10.2. The van der Waals surface area contributed by atoms with Crippen LogP contribution in [-0.4, -0.2) is 31.3 Å². The van der Waals surface area contributed by atoms with Crippen LogP contribution in [0.1, 0.15) is 15.9 Å². The van der Waals surface area contributed by atoms with E-state index in [-0.39, 0.29) is 11.0 Å². The first kappa shape index (κ1) is 19.2. The molecule has 1 amide bonds. The van der Waals surface area contributed by atoms with Crippen molar-refractivity contribution < 1.29 is 14.3 Å². The zero-order valence-corrected chi connectivity index (χ0v) is 15.5. The van der Waals surface area contributed by atoms with Crippen LogP contribution in [0.2, 0.25) is 5.02 Å². The summed E-state index contributed by atoms with van der Waals surface area (Å²) < 4.78 is 10.5. The van der Waals surface area contributed by atoms with Gasteiger partial charge in [0.05, 0.1) is 12.2 Å². The Morgan fingerprint density at radius 3 is 2.68 bits per heavy atom. The average molecular weight is 379 g/mol. The molecular formula is C18H19ClN2O3S. The molecule has 0 saturated carbocycles. The molecular weight excluding hydrogens is 360 g/mol. The number of rotatable bonds is 6. The van der Waals surface area contributed by atoms with Gasteiger partial charge in [-0.15, -0.1) is 0 Å². The molecule has 0 aromatic heterocycles. The van der Waals surface area contributed by atoms with E-state index in [2.05, 4.69) is 10.6 Å². The lowest BCUT2D eigenvalue weighted by atomic mass is 10.2. The molecule has 0 spiro atoms. The predicted molar refractivity (Wildman–Crippen MR) is 104 cm³/mol. The van der Waals surface area contributed by atoms with Gasteiger partial charge in [-0.3, -0.25) is 10.1 Å². The lowest BCUT2D eigenvalue weighted by molar-refractivity contribution is 0.0970. The Balaban J connectivity index is 2.04. The number of carbonyl (C=O) groups excluding carboxylic acids is 1. The van der Waals surface area contributed by atoms with Crippen LogP contribution in [0.25, 0.3) is 0 Å². The van der Waals surface area contributed by atoms with Crippen molar-refractivity contribution in [3.05, 3.63) is 58.6 Å². The smallest absolute Gasteiger partial charge is 0.261 e. The Labute approximate surface area is 157 Å². The molecule has 2 N–H and O–H groups in total. The molecule has 2 rings (SSSR count). The maximum absolute atomic E-state index is 12.5. The van der Waals surface area contributed by atoms with E-state index in [0.29, 0.717) is 29.5 Å². The van der Waals surface area contributed by atoms with Gasteiger partial charge in [0.15, 0.2) is 5.11 Å². The van der Waals surface area contributed by atoms with Crippen LogP contribution < -0.4 is 15.4 Å². The van der Waals surface area contributed by atoms with Gasteiger partial charge in [0.1, 0.15) is 12.4 Å². The number of amides is 1. The molecule has 2 aromatic carbocycles. The highest BCUT2D eigenvalue weighted by molar-refractivity contribution is 7.80. The highest BCUT2D eigenvalue weighted by Gasteiger charge is 2.14. The predicted octanol–water partition coefficient (Wildman–Crippen LogP) is 3.80. The number of hydrogen-bond acceptors (Lipinski definition) is 4. The van der Waals surface area contributed by atoms with Crippen molar-refractivity contribution in [1.82, 2.24) is 5.32 Å². The molecule has 0 unspecified atom stereocenters. The fourth-order valence-corrected chi connectivity index (χ4v) is 2.46. The van der Waals surface area contributed by atoms with Gasteiger partial charge in [0.25, 0.3) is 5.91 Å². The topological polar surface area (TPSA) is 59.6 Å². The molecule has 0 bridgehead atoms. The van der Waals surface area contributed by atoms with Crippen LogP contribution in [0.15, 0.2) is 42.5 Å². The molecule has 2 aromatic rings. The first-order chi connectivity index (χ1) is 12.0. The number of ether oxygens (including phenoxy) is 2. The summed E-state index contributed by atoms with van der Waals surface area (Å²) in [6, 6.07) is 12.4. The third kappa shape index (κ3) is 5.42. The van der Waals surface area contributed by atoms with Crippen LogP contribution >= 0.6 is 23.8 Å². The molecule has 0 saturated heterocycles. The molecule has 0 fully saturated rings. The van der Waals surface area contributed by atoms with Crippen molar-refractivity contribution in [3.63, 3.8) is 0 Å². The Kier molecular flexibility index (Phi) is 7.18. The lowest BCUT2D eigenvalue weighted by Gasteiger charge is -2.14. The average Bonchev–Trinajstić information content (AvgIpc) is 2.59. The van der Waals surface area contributed by atoms with Crippen LogP contribution in [0, 0.1) is 6.92 Å². The van der Waals surface area contributed by atoms with E-state index in [4.69, 9.17) is 33.3 Å². The van der Waals surface area contributed by atoms with E-state index < -0.39 is 0 Å². The first-order valence-corrected chi connectivity index (χ1v) is 8.39. The van der Waals surface area contributed by atoms with E-state index in [1.807, 2.05) is 13.0 Å². The fraction of sp³-hybridized carbons (Fsp3) is 0.222. The molecule has 0 aliphatic rings. The van der Waals surface area contributed by atoms with Gasteiger partial charge < -0.3 is 14.8 Å². The third-order valence-corrected chi connectivity index (χ3v) is 4.03. The zero-order chi connectivity index (χ0) is 18.2. The molecule has 0 aliphatic carbocycles. The van der Waals surface area contributed by atoms with E-state index >= 15 is 0 Å². The SMILES string of the molecule is COCCOc1ccccc1C(=O)NC(=S)Nc1cccc(Cl)c1C. The van der Waals surface area contributed by atoms with Crippen molar-refractivity contribution >= 4 is 40.5 Å². The molecule has 0 radical (unpaired) electrons. The number of halogens is 1. The summed E-state index contributed by atoms with van der Waals surface area (Å²) in [4.78, 5) is 12.5. The van der Waals surface area contributed by atoms with Crippen LogP contribution in [0.5, 0.6) is 5.75 Å². The number of para-hydroxylation sites is 1. The molecule has 25 heavy (non-hydrogen) atoms. The van der Waals surface area contributed by atoms with Gasteiger partial charge in [0.2, 0.25) is 0 Å². The summed E-state index contributed by atoms with van der Waals surface area (Å²) >= 11 is 11.3. The molecule has 0 heterocycles. The highest BCUT2D eigenvalue weighted by atomic mass is 35.5. The van der Waals surface area contributed by atoms with E-state index in [1.54, 1.807) is 43.5 Å². The summed E-state index contributed by atoms with van der Waals surface area (Å²) in [5.74, 6) is 0.115. The largest absolute Gasteiger partial charge is 0.490 e. The lowest BCUT2D eigenvalue weighted by Crippen LogP contribution is -2.34. The van der Waals surface area contributed by atoms with Gasteiger partial charge in [-0.1, -0.05) is 29.8 Å². The number of anilines is 1. The second-order valence-electron chi connectivity index (χ2n) is 5.16. The van der Waals surface area contributed by atoms with E-state index in [1.165, 1.54) is 0 Å². The maximum Gasteiger partial charge on any atom is 0.261 e. The summed E-state index contributed by atoms with van der Waals surface area (Å²) in [5.41, 5.74) is 1.98. The molecule has 0 atom stereocenters. The number of methoxy groups -OCH3 is 1. The maximum atomic E-state index is 12.5. The minimum absolute atomic E-state index is 0.182. The summed E-state index contributed by atoms with van der Waals surface area (Å²) in [7, 11) is 1.59. The van der Waals surface area contributed by atoms with Gasteiger partial charge in [-0.2, -0.15) is 0 Å². The van der Waals surface area contributed by atoms with Crippen molar-refractivity contribution in [3.8, 4) is 5.75 Å². The van der Waals surface area contributed by atoms with Crippen LogP contribution in [-0.2, 0) is 4.74 Å². The van der Waals surface area contributed by atoms with Gasteiger partial charge in [-0.05, 0) is 49.0 Å². The van der Waals surface area contributed by atoms with Crippen LogP contribution in [0.3, 0.4) is 0 Å². The third-order valence-electron chi connectivity index (χ3n) is 3.42. The fourth-order valence-electron chi connectivity index (χ4n) is 2.08. The molecule has 5 nitrogen and oxygen atoms in total. The second kappa shape index (κ2) is 9.36. The van der Waals surface area contributed by atoms with Crippen LogP contribution in [0.4, 0.5) is 5.69 Å². The highest BCUT2D eigenvalue weighted by Crippen LogP contribution is 2.23. The van der Waals surface area contributed by atoms with Gasteiger partial charge >= 0.3 is 0 Å². The summed E-state index contributed by atoms with van der Waals surface area (Å²) in [5, 5.41) is 6.43. The number of hydrogen-bond donors (Lipinski definition) is 2. The minimum atomic E-state index is -0.356. The Hall–Kier alpha value is -2.15. The van der Waals surface area contributed by atoms with Gasteiger partial charge in [-0.25, -0.2) is 0 Å². The number of carbonyl (C=O) groups is 1. The minimum Gasteiger partial charge on any atom is -0.490 e. The second-order valence-corrected chi connectivity index (χ2v) is 5.97. The van der Waals surface area contributed by atoms with E-state index in [0.717, 1.165) is 11.3 Å². The molecule has 132 valence electrons. The van der Waals surface area contributed by atoms with Crippen molar-refractivity contribution in [2.45, 2.75) is 6.92 Å². The number of nitrogens with one attached hydrogen (secondary N) is 2. The Morgan fingerprint density at radius 2 is 1.92 bits per heavy atom. The standard InChI is InChI=1S/C18H19ClN2O3S/c1-12-14(19)7-5-8-15(12)20-18(25)21-17(22)13-6-3-4-9-16(13)24-11-10-23-2/h3-9H,10-11H2,1-2H3,(H2,20,21,22,25). The first-order valence-electron chi connectivity index (χ1n) is 7.61. The Bertz CT molecular complexity index is 768. The molecule has 0 aliphatic heterocycles. The zero-order valence-electron chi connectivity index (χ0n) is 14.0. The van der Waals surface area contributed by atoms with Gasteiger partial charge in [0, 0.05) is 17.8 Å². The quantitative estimate of drug-likeness (QED) is 0.591. The summed E-state index contributed by atoms with van der Waals surface area (Å²) in [6.45, 7) is 2.66.